The summed E-state index contributed by atoms with van der Waals surface area (Å²) in [5.74, 6) is 0.146. The molecule has 0 aliphatic heterocycles. The molecule has 1 aromatic heterocycles. The van der Waals surface area contributed by atoms with Gasteiger partial charge in [0.2, 0.25) is 0 Å². The Morgan fingerprint density at radius 2 is 1.93 bits per heavy atom. The minimum Gasteiger partial charge on any atom is -0.372 e. The number of aromatic nitrogens is 1. The third kappa shape index (κ3) is 5.30. The highest BCUT2D eigenvalue weighted by atomic mass is 32.2. The van der Waals surface area contributed by atoms with Crippen molar-refractivity contribution in [3.63, 3.8) is 0 Å². The van der Waals surface area contributed by atoms with E-state index < -0.39 is 0 Å². The molecule has 1 amide bonds. The topological polar surface area (TPSA) is 57.6 Å². The van der Waals surface area contributed by atoms with E-state index in [1.54, 1.807) is 17.6 Å². The number of fused-ring (bicyclic) bond motifs is 1. The molecule has 1 heterocycles. The van der Waals surface area contributed by atoms with Crippen molar-refractivity contribution >= 4 is 51.1 Å². The first kappa shape index (κ1) is 19.4. The van der Waals surface area contributed by atoms with Crippen LogP contribution in [0.1, 0.15) is 19.4 Å². The maximum Gasteiger partial charge on any atom is 0.250 e. The van der Waals surface area contributed by atoms with Crippen LogP contribution < -0.4 is 10.3 Å². The maximum atomic E-state index is 12.0. The number of rotatable bonds is 8. The Morgan fingerprint density at radius 1 is 1.19 bits per heavy atom. The smallest absolute Gasteiger partial charge is 0.250 e. The molecule has 0 radical (unpaired) electrons. The second-order valence-electron chi connectivity index (χ2n) is 5.79. The SMILES string of the molecule is CCN(CC)c1ccc(/C=N/NC(=O)CSc2nc3ccccc3s2)cc1. The minimum atomic E-state index is -0.143. The van der Waals surface area contributed by atoms with Gasteiger partial charge < -0.3 is 4.90 Å². The number of carbonyl (C=O) groups is 1. The number of amides is 1. The Kier molecular flexibility index (Phi) is 6.84. The first-order chi connectivity index (χ1) is 13.2. The molecule has 0 saturated heterocycles. The van der Waals surface area contributed by atoms with E-state index in [0.29, 0.717) is 0 Å². The van der Waals surface area contributed by atoms with E-state index in [4.69, 9.17) is 0 Å². The molecule has 0 aliphatic carbocycles. The normalized spacial score (nSPS) is 11.2. The van der Waals surface area contributed by atoms with E-state index in [1.807, 2.05) is 36.4 Å². The number of nitrogens with zero attached hydrogens (tertiary/aromatic N) is 3. The molecule has 27 heavy (non-hydrogen) atoms. The summed E-state index contributed by atoms with van der Waals surface area (Å²) >= 11 is 3.02. The van der Waals surface area contributed by atoms with E-state index in [0.717, 1.165) is 33.2 Å². The number of thioether (sulfide) groups is 1. The lowest BCUT2D eigenvalue weighted by molar-refractivity contribution is -0.118. The molecule has 0 atom stereocenters. The number of thiazole rings is 1. The predicted octanol–water partition coefficient (Wildman–Crippen LogP) is 4.38. The van der Waals surface area contributed by atoms with Crippen molar-refractivity contribution in [3.8, 4) is 0 Å². The molecule has 0 fully saturated rings. The van der Waals surface area contributed by atoms with Gasteiger partial charge in [0.05, 0.1) is 22.2 Å². The lowest BCUT2D eigenvalue weighted by atomic mass is 10.2. The largest absolute Gasteiger partial charge is 0.372 e. The van der Waals surface area contributed by atoms with Crippen molar-refractivity contribution < 1.29 is 4.79 Å². The van der Waals surface area contributed by atoms with Crippen LogP contribution in [0.5, 0.6) is 0 Å². The summed E-state index contributed by atoms with van der Waals surface area (Å²) in [5.41, 5.74) is 5.68. The summed E-state index contributed by atoms with van der Waals surface area (Å²) in [7, 11) is 0. The molecule has 0 saturated carbocycles. The van der Waals surface area contributed by atoms with Gasteiger partial charge in [-0.05, 0) is 43.7 Å². The van der Waals surface area contributed by atoms with Crippen LogP contribution in [0.25, 0.3) is 10.2 Å². The van der Waals surface area contributed by atoms with Gasteiger partial charge in [-0.2, -0.15) is 5.10 Å². The van der Waals surface area contributed by atoms with Crippen LogP contribution >= 0.6 is 23.1 Å². The number of hydrogen-bond acceptors (Lipinski definition) is 6. The Bertz CT molecular complexity index is 884. The fraction of sp³-hybridized carbons (Fsp3) is 0.250. The number of anilines is 1. The number of carbonyl (C=O) groups excluding carboxylic acids is 1. The summed E-state index contributed by atoms with van der Waals surface area (Å²) in [6, 6.07) is 16.1. The third-order valence-corrected chi connectivity index (χ3v) is 6.20. The predicted molar refractivity (Wildman–Crippen MR) is 116 cm³/mol. The average molecular weight is 399 g/mol. The number of hydrazone groups is 1. The summed E-state index contributed by atoms with van der Waals surface area (Å²) in [4.78, 5) is 18.8. The van der Waals surface area contributed by atoms with E-state index >= 15 is 0 Å². The van der Waals surface area contributed by atoms with Crippen molar-refractivity contribution in [1.29, 1.82) is 0 Å². The van der Waals surface area contributed by atoms with Gasteiger partial charge in [0.1, 0.15) is 0 Å². The lowest BCUT2D eigenvalue weighted by Gasteiger charge is -2.20. The van der Waals surface area contributed by atoms with Crippen molar-refractivity contribution in [1.82, 2.24) is 10.4 Å². The van der Waals surface area contributed by atoms with E-state index in [1.165, 1.54) is 17.4 Å². The van der Waals surface area contributed by atoms with Gasteiger partial charge in [0.25, 0.3) is 5.91 Å². The molecular weight excluding hydrogens is 376 g/mol. The van der Waals surface area contributed by atoms with Crippen molar-refractivity contribution in [2.24, 2.45) is 5.10 Å². The number of nitrogens with one attached hydrogen (secondary N) is 1. The van der Waals surface area contributed by atoms with Crippen LogP contribution in [0.2, 0.25) is 0 Å². The van der Waals surface area contributed by atoms with Crippen molar-refractivity contribution in [2.75, 3.05) is 23.7 Å². The first-order valence-corrected chi connectivity index (χ1v) is 10.6. The Labute approximate surface area is 167 Å². The van der Waals surface area contributed by atoms with E-state index in [9.17, 15) is 4.79 Å². The van der Waals surface area contributed by atoms with Crippen LogP contribution in [0.15, 0.2) is 58.0 Å². The van der Waals surface area contributed by atoms with Gasteiger partial charge in [0, 0.05) is 18.8 Å². The molecule has 140 valence electrons. The quantitative estimate of drug-likeness (QED) is 0.347. The fourth-order valence-corrected chi connectivity index (χ4v) is 4.47. The van der Waals surface area contributed by atoms with Gasteiger partial charge in [-0.3, -0.25) is 4.79 Å². The molecule has 5 nitrogen and oxygen atoms in total. The van der Waals surface area contributed by atoms with Crippen LogP contribution in [0.3, 0.4) is 0 Å². The number of benzene rings is 2. The molecule has 7 heteroatoms. The minimum absolute atomic E-state index is 0.143. The van der Waals surface area contributed by atoms with Crippen LogP contribution in [0, 0.1) is 0 Å². The zero-order valence-electron chi connectivity index (χ0n) is 15.4. The zero-order valence-corrected chi connectivity index (χ0v) is 17.0. The highest BCUT2D eigenvalue weighted by Crippen LogP contribution is 2.28. The van der Waals surface area contributed by atoms with Gasteiger partial charge in [0.15, 0.2) is 4.34 Å². The fourth-order valence-electron chi connectivity index (χ4n) is 2.61. The van der Waals surface area contributed by atoms with Crippen LogP contribution in [-0.2, 0) is 4.79 Å². The second kappa shape index (κ2) is 9.53. The van der Waals surface area contributed by atoms with E-state index in [-0.39, 0.29) is 11.7 Å². The zero-order chi connectivity index (χ0) is 19.1. The van der Waals surface area contributed by atoms with Crippen molar-refractivity contribution in [2.45, 2.75) is 18.2 Å². The molecule has 0 unspecified atom stereocenters. The van der Waals surface area contributed by atoms with Crippen molar-refractivity contribution in [3.05, 3.63) is 54.1 Å². The molecule has 1 N–H and O–H groups in total. The van der Waals surface area contributed by atoms with Gasteiger partial charge in [-0.15, -0.1) is 11.3 Å². The summed E-state index contributed by atoms with van der Waals surface area (Å²) in [6.45, 7) is 6.24. The third-order valence-electron chi connectivity index (χ3n) is 4.03. The highest BCUT2D eigenvalue weighted by Gasteiger charge is 2.07. The molecule has 0 bridgehead atoms. The standard InChI is InChI=1S/C20H22N4OS2/c1-3-24(4-2)16-11-9-15(10-12-16)13-21-23-19(25)14-26-20-22-17-7-5-6-8-18(17)27-20/h5-13H,3-4,14H2,1-2H3,(H,23,25)/b21-13+. The molecule has 3 aromatic rings. The summed E-state index contributed by atoms with van der Waals surface area (Å²) in [6.07, 6.45) is 1.66. The molecule has 0 spiro atoms. The summed E-state index contributed by atoms with van der Waals surface area (Å²) < 4.78 is 2.02. The van der Waals surface area contributed by atoms with Gasteiger partial charge >= 0.3 is 0 Å². The monoisotopic (exact) mass is 398 g/mol. The lowest BCUT2D eigenvalue weighted by Crippen LogP contribution is -2.21. The molecule has 3 rings (SSSR count). The highest BCUT2D eigenvalue weighted by molar-refractivity contribution is 8.01. The number of para-hydroxylation sites is 1. The van der Waals surface area contributed by atoms with Crippen LogP contribution in [-0.4, -0.2) is 35.9 Å². The number of hydrogen-bond donors (Lipinski definition) is 1. The Balaban J connectivity index is 1.48. The summed E-state index contributed by atoms with van der Waals surface area (Å²) in [5, 5.41) is 4.04. The van der Waals surface area contributed by atoms with Gasteiger partial charge in [-0.25, -0.2) is 10.4 Å². The second-order valence-corrected chi connectivity index (χ2v) is 8.05. The van der Waals surface area contributed by atoms with Crippen LogP contribution in [0.4, 0.5) is 5.69 Å². The first-order valence-electron chi connectivity index (χ1n) is 8.85. The molecular formula is C20H22N4OS2. The van der Waals surface area contributed by atoms with Gasteiger partial charge in [-0.1, -0.05) is 36.0 Å². The van der Waals surface area contributed by atoms with E-state index in [2.05, 4.69) is 46.4 Å². The maximum absolute atomic E-state index is 12.0. The molecule has 2 aromatic carbocycles. The average Bonchev–Trinajstić information content (AvgIpc) is 3.11. The Hall–Kier alpha value is -2.38. The Morgan fingerprint density at radius 3 is 2.63 bits per heavy atom. The molecule has 0 aliphatic rings.